The van der Waals surface area contributed by atoms with E-state index in [1.54, 1.807) is 19.9 Å². The number of carboxylic acid groups (broad SMARTS) is 1. The highest BCUT2D eigenvalue weighted by atomic mass is 16.6. The summed E-state index contributed by atoms with van der Waals surface area (Å²) in [5, 5.41) is 9.97. The largest absolute Gasteiger partial charge is 0.478 e. The third-order valence-corrected chi connectivity index (χ3v) is 5.81. The van der Waals surface area contributed by atoms with Gasteiger partial charge in [0, 0.05) is 16.7 Å². The molecule has 1 aliphatic carbocycles. The molecule has 8 heteroatoms. The molecule has 178 valence electrons. The summed E-state index contributed by atoms with van der Waals surface area (Å²) < 4.78 is 16.8. The molecular formula is C25H30O8. The molecule has 4 atom stereocenters. The van der Waals surface area contributed by atoms with E-state index in [9.17, 15) is 24.3 Å². The van der Waals surface area contributed by atoms with Gasteiger partial charge in [-0.1, -0.05) is 30.4 Å². The predicted molar refractivity (Wildman–Crippen MR) is 120 cm³/mol. The maximum Gasteiger partial charge on any atom is 0.335 e. The molecule has 1 heterocycles. The van der Waals surface area contributed by atoms with Crippen LogP contribution in [0, 0.1) is 5.92 Å². The molecule has 2 rings (SSSR count). The Kier molecular flexibility index (Phi) is 8.56. The lowest BCUT2D eigenvalue weighted by molar-refractivity contribution is -0.166. The van der Waals surface area contributed by atoms with Gasteiger partial charge >= 0.3 is 23.9 Å². The first kappa shape index (κ1) is 25.8. The normalized spacial score (nSPS) is 26.5. The summed E-state index contributed by atoms with van der Waals surface area (Å²) >= 11 is 0. The third-order valence-electron chi connectivity index (χ3n) is 5.81. The minimum Gasteiger partial charge on any atom is -0.478 e. The van der Waals surface area contributed by atoms with Gasteiger partial charge in [-0.2, -0.15) is 0 Å². The fourth-order valence-corrected chi connectivity index (χ4v) is 3.57. The highest BCUT2D eigenvalue weighted by molar-refractivity contribution is 5.94. The lowest BCUT2D eigenvalue weighted by Gasteiger charge is -2.33. The quantitative estimate of drug-likeness (QED) is 0.288. The van der Waals surface area contributed by atoms with E-state index in [4.69, 9.17) is 14.2 Å². The molecule has 0 radical (unpaired) electrons. The van der Waals surface area contributed by atoms with E-state index in [0.717, 1.165) is 5.57 Å². The molecule has 4 unspecified atom stereocenters. The number of hydrogen-bond donors (Lipinski definition) is 1. The average molecular weight is 459 g/mol. The Labute approximate surface area is 193 Å². The summed E-state index contributed by atoms with van der Waals surface area (Å²) in [7, 11) is 0. The first-order chi connectivity index (χ1) is 15.5. The van der Waals surface area contributed by atoms with E-state index >= 15 is 0 Å². The third kappa shape index (κ3) is 5.88. The molecule has 0 aromatic rings. The van der Waals surface area contributed by atoms with Gasteiger partial charge in [-0.25, -0.2) is 19.2 Å². The van der Waals surface area contributed by atoms with E-state index in [1.807, 2.05) is 6.92 Å². The Morgan fingerprint density at radius 2 is 1.70 bits per heavy atom. The highest BCUT2D eigenvalue weighted by Gasteiger charge is 2.50. The summed E-state index contributed by atoms with van der Waals surface area (Å²) in [4.78, 5) is 50.1. The molecule has 0 aromatic heterocycles. The molecule has 0 bridgehead atoms. The molecule has 8 nitrogen and oxygen atoms in total. The number of carboxylic acids is 1. The maximum absolute atomic E-state index is 12.8. The van der Waals surface area contributed by atoms with Crippen LogP contribution in [0.5, 0.6) is 0 Å². The Morgan fingerprint density at radius 1 is 1.12 bits per heavy atom. The number of carbonyl (C=O) groups is 4. The van der Waals surface area contributed by atoms with E-state index in [1.165, 1.54) is 32.1 Å². The summed E-state index contributed by atoms with van der Waals surface area (Å²) in [5.41, 5.74) is 1.14. The van der Waals surface area contributed by atoms with E-state index in [-0.39, 0.29) is 22.3 Å². The van der Waals surface area contributed by atoms with Crippen molar-refractivity contribution in [1.29, 1.82) is 0 Å². The van der Waals surface area contributed by atoms with Crippen molar-refractivity contribution in [2.75, 3.05) is 0 Å². The van der Waals surface area contributed by atoms with Crippen LogP contribution in [0.2, 0.25) is 0 Å². The monoisotopic (exact) mass is 458 g/mol. The molecule has 1 N–H and O–H groups in total. The van der Waals surface area contributed by atoms with Crippen molar-refractivity contribution in [3.8, 4) is 0 Å². The van der Waals surface area contributed by atoms with Crippen LogP contribution in [-0.2, 0) is 33.4 Å². The van der Waals surface area contributed by atoms with Crippen molar-refractivity contribution in [2.45, 2.75) is 65.8 Å². The maximum atomic E-state index is 12.8. The van der Waals surface area contributed by atoms with E-state index in [2.05, 4.69) is 6.58 Å². The smallest absolute Gasteiger partial charge is 0.335 e. The van der Waals surface area contributed by atoms with Gasteiger partial charge in [0.15, 0.2) is 12.2 Å². The van der Waals surface area contributed by atoms with Crippen LogP contribution < -0.4 is 0 Å². The van der Waals surface area contributed by atoms with Crippen LogP contribution in [0.1, 0.15) is 47.5 Å². The highest BCUT2D eigenvalue weighted by Crippen LogP contribution is 2.38. The van der Waals surface area contributed by atoms with Crippen LogP contribution in [0.25, 0.3) is 0 Å². The molecule has 1 aliphatic heterocycles. The minimum atomic E-state index is -1.50. The molecule has 0 saturated carbocycles. The molecule has 0 amide bonds. The van der Waals surface area contributed by atoms with Crippen molar-refractivity contribution in [3.63, 3.8) is 0 Å². The molecule has 0 aromatic carbocycles. The van der Waals surface area contributed by atoms with Gasteiger partial charge in [0.05, 0.1) is 11.5 Å². The average Bonchev–Trinajstić information content (AvgIpc) is 3.04. The minimum absolute atomic E-state index is 0.00842. The number of ether oxygens (including phenoxy) is 3. The first-order valence-corrected chi connectivity index (χ1v) is 10.7. The topological polar surface area (TPSA) is 116 Å². The zero-order valence-electron chi connectivity index (χ0n) is 19.5. The fourth-order valence-electron chi connectivity index (χ4n) is 3.57. The summed E-state index contributed by atoms with van der Waals surface area (Å²) in [5.74, 6) is -4.48. The molecular weight excluding hydrogens is 428 g/mol. The summed E-state index contributed by atoms with van der Waals surface area (Å²) in [6.45, 7) is 12.0. The Morgan fingerprint density at radius 3 is 2.24 bits per heavy atom. The Bertz CT molecular complexity index is 978. The molecule has 0 spiro atoms. The van der Waals surface area contributed by atoms with Crippen LogP contribution in [0.15, 0.2) is 58.7 Å². The van der Waals surface area contributed by atoms with Gasteiger partial charge in [-0.05, 0) is 53.5 Å². The zero-order chi connectivity index (χ0) is 24.9. The second-order valence-corrected chi connectivity index (χ2v) is 8.08. The summed E-state index contributed by atoms with van der Waals surface area (Å²) in [6.07, 6.45) is 3.36. The molecule has 1 saturated heterocycles. The number of hydrogen-bond acceptors (Lipinski definition) is 7. The molecule has 2 aliphatic rings. The van der Waals surface area contributed by atoms with Gasteiger partial charge in [0.2, 0.25) is 0 Å². The van der Waals surface area contributed by atoms with Crippen LogP contribution in [-0.4, -0.2) is 47.3 Å². The van der Waals surface area contributed by atoms with Gasteiger partial charge in [0.1, 0.15) is 6.10 Å². The zero-order valence-corrected chi connectivity index (χ0v) is 19.5. The predicted octanol–water partition coefficient (Wildman–Crippen LogP) is 3.59. The van der Waals surface area contributed by atoms with Gasteiger partial charge in [-0.3, -0.25) is 0 Å². The van der Waals surface area contributed by atoms with Crippen LogP contribution in [0.3, 0.4) is 0 Å². The van der Waals surface area contributed by atoms with Crippen molar-refractivity contribution >= 4 is 23.9 Å². The van der Waals surface area contributed by atoms with E-state index in [0.29, 0.717) is 12.8 Å². The number of fused-ring (bicyclic) bond motifs is 1. The van der Waals surface area contributed by atoms with Gasteiger partial charge in [-0.15, -0.1) is 0 Å². The SMILES string of the molecule is C=C1C(=O)OC2C=C(C)CCC=C(C(=O)O)C(OC(=O)C(C)=CC)C(OC(=O)C(C)=CC)C12. The fraction of sp³-hybridized carbons (Fsp3) is 0.440. The number of allylic oxidation sites excluding steroid dienone is 4. The standard InChI is InChI=1S/C25H30O8/c1-7-14(4)23(28)32-20-17(22(26)27)11-9-10-13(3)12-18-19(16(6)25(30)31-18)21(20)33-24(29)15(5)8-2/h7-8,11-12,18-21H,6,9-10H2,1-5H3,(H,26,27). The van der Waals surface area contributed by atoms with Gasteiger partial charge < -0.3 is 19.3 Å². The van der Waals surface area contributed by atoms with Crippen molar-refractivity contribution in [3.05, 3.63) is 58.7 Å². The first-order valence-electron chi connectivity index (χ1n) is 10.7. The second kappa shape index (κ2) is 10.9. The number of rotatable bonds is 5. The number of aliphatic carboxylic acids is 1. The van der Waals surface area contributed by atoms with E-state index < -0.39 is 48.1 Å². The van der Waals surface area contributed by atoms with Crippen LogP contribution >= 0.6 is 0 Å². The van der Waals surface area contributed by atoms with Gasteiger partial charge in [0.25, 0.3) is 0 Å². The van der Waals surface area contributed by atoms with Crippen molar-refractivity contribution in [2.24, 2.45) is 5.92 Å². The second-order valence-electron chi connectivity index (χ2n) is 8.08. The lowest BCUT2D eigenvalue weighted by Crippen LogP contribution is -2.46. The lowest BCUT2D eigenvalue weighted by atomic mass is 9.83. The van der Waals surface area contributed by atoms with Crippen molar-refractivity contribution < 1.29 is 38.5 Å². The summed E-state index contributed by atoms with van der Waals surface area (Å²) in [6, 6.07) is 0. The Hall–Kier alpha value is -3.42. The van der Waals surface area contributed by atoms with Crippen molar-refractivity contribution in [1.82, 2.24) is 0 Å². The number of carbonyl (C=O) groups excluding carboxylic acids is 3. The Balaban J connectivity index is 2.73. The molecule has 1 fully saturated rings. The van der Waals surface area contributed by atoms with Crippen LogP contribution in [0.4, 0.5) is 0 Å². The number of esters is 3. The molecule has 33 heavy (non-hydrogen) atoms.